The van der Waals surface area contributed by atoms with Crippen LogP contribution in [0.25, 0.3) is 66.9 Å². The van der Waals surface area contributed by atoms with Crippen LogP contribution in [0, 0.1) is 0 Å². The number of hydrogen-bond donors (Lipinski definition) is 0. The van der Waals surface area contributed by atoms with Crippen molar-refractivity contribution in [3.05, 3.63) is 145 Å². The molecule has 3 aromatic heterocycles. The molecule has 7 rings (SSSR count). The number of fused-ring (bicyclic) bond motifs is 1. The lowest BCUT2D eigenvalue weighted by molar-refractivity contribution is 1.18. The van der Waals surface area contributed by atoms with Crippen molar-refractivity contribution >= 4 is 26.7 Å². The van der Waals surface area contributed by atoms with Gasteiger partial charge in [-0.15, -0.1) is 0 Å². The lowest BCUT2D eigenvalue weighted by Crippen LogP contribution is -1.96. The van der Waals surface area contributed by atoms with Crippen molar-refractivity contribution in [2.24, 2.45) is 0 Å². The van der Waals surface area contributed by atoms with E-state index in [1.165, 1.54) is 5.39 Å². The Morgan fingerprint density at radius 2 is 1.10 bits per heavy atom. The molecule has 0 aliphatic rings. The summed E-state index contributed by atoms with van der Waals surface area (Å²) in [6.45, 7) is 0. The number of nitrogens with zero attached hydrogens (tertiary/aromatic N) is 4. The fourth-order valence-corrected chi connectivity index (χ4v) is 5.51. The lowest BCUT2D eigenvalue weighted by atomic mass is 10.00. The highest BCUT2D eigenvalue weighted by Crippen LogP contribution is 2.33. The van der Waals surface area contributed by atoms with E-state index in [4.69, 9.17) is 9.97 Å². The highest BCUT2D eigenvalue weighted by molar-refractivity contribution is 9.10. The zero-order valence-electron chi connectivity index (χ0n) is 21.9. The van der Waals surface area contributed by atoms with Gasteiger partial charge in [0, 0.05) is 51.5 Å². The van der Waals surface area contributed by atoms with Crippen LogP contribution in [-0.2, 0) is 0 Å². The number of pyridine rings is 2. The Kier molecular flexibility index (Phi) is 6.63. The summed E-state index contributed by atoms with van der Waals surface area (Å²) in [6, 6.07) is 39.7. The first-order chi connectivity index (χ1) is 20.2. The Morgan fingerprint density at radius 1 is 0.415 bits per heavy atom. The second kappa shape index (κ2) is 10.9. The molecule has 0 unspecified atom stereocenters. The van der Waals surface area contributed by atoms with Gasteiger partial charge in [0.05, 0.1) is 11.4 Å². The molecule has 0 fully saturated rings. The summed E-state index contributed by atoms with van der Waals surface area (Å²) in [5.41, 5.74) is 9.08. The van der Waals surface area contributed by atoms with Gasteiger partial charge in [-0.05, 0) is 76.0 Å². The van der Waals surface area contributed by atoms with Gasteiger partial charge in [-0.1, -0.05) is 82.7 Å². The zero-order valence-corrected chi connectivity index (χ0v) is 23.5. The van der Waals surface area contributed by atoms with Crippen LogP contribution in [0.5, 0.6) is 0 Å². The van der Waals surface area contributed by atoms with E-state index in [0.29, 0.717) is 5.82 Å². The molecule has 0 N–H and O–H groups in total. The first kappa shape index (κ1) is 25.0. The fourth-order valence-electron chi connectivity index (χ4n) is 5.02. The zero-order chi connectivity index (χ0) is 27.6. The van der Waals surface area contributed by atoms with E-state index in [9.17, 15) is 0 Å². The molecule has 0 spiro atoms. The van der Waals surface area contributed by atoms with E-state index in [2.05, 4.69) is 123 Å². The number of benzene rings is 4. The maximum Gasteiger partial charge on any atom is 0.160 e. The first-order valence-corrected chi connectivity index (χ1v) is 14.1. The smallest absolute Gasteiger partial charge is 0.160 e. The second-order valence-corrected chi connectivity index (χ2v) is 10.7. The van der Waals surface area contributed by atoms with Gasteiger partial charge < -0.3 is 0 Å². The van der Waals surface area contributed by atoms with Gasteiger partial charge in [-0.25, -0.2) is 9.97 Å². The van der Waals surface area contributed by atoms with E-state index < -0.39 is 0 Å². The Bertz CT molecular complexity index is 1990. The molecule has 0 saturated heterocycles. The van der Waals surface area contributed by atoms with Gasteiger partial charge in [0.25, 0.3) is 0 Å². The molecular formula is C36H23BrN4. The van der Waals surface area contributed by atoms with Gasteiger partial charge >= 0.3 is 0 Å². The first-order valence-electron chi connectivity index (χ1n) is 13.3. The van der Waals surface area contributed by atoms with Gasteiger partial charge in [-0.2, -0.15) is 0 Å². The van der Waals surface area contributed by atoms with Crippen LogP contribution in [0.2, 0.25) is 0 Å². The molecular weight excluding hydrogens is 568 g/mol. The van der Waals surface area contributed by atoms with Crippen molar-refractivity contribution in [2.75, 3.05) is 0 Å². The van der Waals surface area contributed by atoms with Gasteiger partial charge in [-0.3, -0.25) is 9.97 Å². The molecule has 0 atom stereocenters. The summed E-state index contributed by atoms with van der Waals surface area (Å²) in [5.74, 6) is 0.685. The van der Waals surface area contributed by atoms with Crippen molar-refractivity contribution < 1.29 is 0 Å². The Labute approximate surface area is 246 Å². The van der Waals surface area contributed by atoms with Crippen LogP contribution in [0.15, 0.2) is 145 Å². The highest BCUT2D eigenvalue weighted by Gasteiger charge is 2.13. The largest absolute Gasteiger partial charge is 0.265 e. The molecule has 3 heterocycles. The SMILES string of the molecule is Brc1cc(-c2cccnc2)cc(-c2cc(-c3ccc(-c4ccncc4)cc3)nc(-c3ccc4ccccc4c3)n2)c1. The Morgan fingerprint density at radius 3 is 1.88 bits per heavy atom. The Balaban J connectivity index is 1.38. The van der Waals surface area contributed by atoms with Crippen LogP contribution >= 0.6 is 15.9 Å². The molecule has 41 heavy (non-hydrogen) atoms. The van der Waals surface area contributed by atoms with Gasteiger partial charge in [0.15, 0.2) is 5.82 Å². The minimum absolute atomic E-state index is 0.685. The van der Waals surface area contributed by atoms with E-state index in [-0.39, 0.29) is 0 Å². The summed E-state index contributed by atoms with van der Waals surface area (Å²) >= 11 is 3.72. The third kappa shape index (κ3) is 5.28. The average molecular weight is 592 g/mol. The van der Waals surface area contributed by atoms with E-state index in [1.54, 1.807) is 6.20 Å². The predicted octanol–water partition coefficient (Wildman–Crippen LogP) is 9.52. The summed E-state index contributed by atoms with van der Waals surface area (Å²) in [6.07, 6.45) is 7.29. The normalized spacial score (nSPS) is 11.0. The van der Waals surface area contributed by atoms with Crippen molar-refractivity contribution in [2.45, 2.75) is 0 Å². The van der Waals surface area contributed by atoms with Crippen LogP contribution in [0.4, 0.5) is 0 Å². The molecule has 0 aliphatic heterocycles. The third-order valence-corrected chi connectivity index (χ3v) is 7.57. The van der Waals surface area contributed by atoms with E-state index >= 15 is 0 Å². The predicted molar refractivity (Wildman–Crippen MR) is 170 cm³/mol. The van der Waals surface area contributed by atoms with Crippen molar-refractivity contribution in [3.8, 4) is 56.2 Å². The fraction of sp³-hybridized carbons (Fsp3) is 0. The molecule has 4 nitrogen and oxygen atoms in total. The molecule has 7 aromatic rings. The molecule has 0 amide bonds. The Hall–Kier alpha value is -5.00. The summed E-state index contributed by atoms with van der Waals surface area (Å²) in [4.78, 5) is 18.6. The molecule has 0 bridgehead atoms. The van der Waals surface area contributed by atoms with Crippen molar-refractivity contribution in [1.29, 1.82) is 0 Å². The summed E-state index contributed by atoms with van der Waals surface area (Å²) < 4.78 is 0.975. The molecule has 0 radical (unpaired) electrons. The van der Waals surface area contributed by atoms with E-state index in [1.807, 2.05) is 36.8 Å². The molecule has 5 heteroatoms. The van der Waals surface area contributed by atoms with Crippen molar-refractivity contribution in [3.63, 3.8) is 0 Å². The van der Waals surface area contributed by atoms with Gasteiger partial charge in [0.1, 0.15) is 0 Å². The van der Waals surface area contributed by atoms with Crippen LogP contribution < -0.4 is 0 Å². The number of hydrogen-bond acceptors (Lipinski definition) is 4. The minimum atomic E-state index is 0.685. The van der Waals surface area contributed by atoms with Crippen molar-refractivity contribution in [1.82, 2.24) is 19.9 Å². The third-order valence-electron chi connectivity index (χ3n) is 7.12. The maximum absolute atomic E-state index is 5.09. The number of rotatable bonds is 5. The lowest BCUT2D eigenvalue weighted by Gasteiger charge is -2.12. The quantitative estimate of drug-likeness (QED) is 0.200. The molecule has 0 saturated carbocycles. The van der Waals surface area contributed by atoms with Crippen LogP contribution in [-0.4, -0.2) is 19.9 Å². The van der Waals surface area contributed by atoms with Crippen LogP contribution in [0.3, 0.4) is 0 Å². The topological polar surface area (TPSA) is 51.6 Å². The van der Waals surface area contributed by atoms with Crippen LogP contribution in [0.1, 0.15) is 0 Å². The molecule has 4 aromatic carbocycles. The maximum atomic E-state index is 5.09. The standard InChI is InChI=1S/C36H23BrN4/c37-33-20-31(30-6-3-15-39-23-30)19-32(21-33)35-22-34(27-10-7-25(8-11-27)26-13-16-38-17-14-26)40-36(41-35)29-12-9-24-4-1-2-5-28(24)18-29/h1-23H. The molecule has 0 aliphatic carbocycles. The monoisotopic (exact) mass is 590 g/mol. The highest BCUT2D eigenvalue weighted by atomic mass is 79.9. The van der Waals surface area contributed by atoms with E-state index in [0.717, 1.165) is 60.2 Å². The van der Waals surface area contributed by atoms with Gasteiger partial charge in [0.2, 0.25) is 0 Å². The molecule has 194 valence electrons. The summed E-state index contributed by atoms with van der Waals surface area (Å²) in [5, 5.41) is 2.34. The second-order valence-electron chi connectivity index (χ2n) is 9.81. The minimum Gasteiger partial charge on any atom is -0.265 e. The summed E-state index contributed by atoms with van der Waals surface area (Å²) in [7, 11) is 0. The number of aromatic nitrogens is 4. The average Bonchev–Trinajstić information content (AvgIpc) is 3.05. The number of halogens is 1.